The molecule has 0 bridgehead atoms. The van der Waals surface area contributed by atoms with E-state index >= 15 is 0 Å². The number of ether oxygens (including phenoxy) is 2. The predicted molar refractivity (Wildman–Crippen MR) is 63.4 cm³/mol. The summed E-state index contributed by atoms with van der Waals surface area (Å²) in [7, 11) is 0. The summed E-state index contributed by atoms with van der Waals surface area (Å²) in [6.07, 6.45) is 11.0. The third kappa shape index (κ3) is 5.99. The Morgan fingerprint density at radius 2 is 1.69 bits per heavy atom. The molecule has 0 N–H and O–H groups in total. The van der Waals surface area contributed by atoms with Crippen LogP contribution in [0.1, 0.15) is 64.7 Å². The van der Waals surface area contributed by atoms with Gasteiger partial charge in [0.05, 0.1) is 0 Å². The summed E-state index contributed by atoms with van der Waals surface area (Å²) in [5.41, 5.74) is 0. The molecule has 0 radical (unpaired) electrons. The fourth-order valence-corrected chi connectivity index (χ4v) is 2.01. The Hall–Kier alpha value is -0.730. The van der Waals surface area contributed by atoms with Crippen LogP contribution in [0.5, 0.6) is 0 Å². The first kappa shape index (κ1) is 13.3. The molecule has 0 saturated carbocycles. The van der Waals surface area contributed by atoms with E-state index in [9.17, 15) is 4.79 Å². The van der Waals surface area contributed by atoms with Gasteiger partial charge in [-0.05, 0) is 12.8 Å². The zero-order chi connectivity index (χ0) is 11.6. The van der Waals surface area contributed by atoms with Crippen molar-refractivity contribution in [3.8, 4) is 0 Å². The topological polar surface area (TPSA) is 35.5 Å². The molecule has 0 spiro atoms. The number of carbonyl (C=O) groups excluding carboxylic acids is 1. The quantitative estimate of drug-likeness (QED) is 0.441. The van der Waals surface area contributed by atoms with E-state index in [2.05, 4.69) is 6.92 Å². The van der Waals surface area contributed by atoms with Crippen LogP contribution in [0.3, 0.4) is 0 Å². The number of unbranched alkanes of at least 4 members (excludes halogenated alkanes) is 7. The number of carbonyl (C=O) groups is 1. The number of rotatable bonds is 9. The van der Waals surface area contributed by atoms with Gasteiger partial charge >= 0.3 is 6.16 Å². The Morgan fingerprint density at radius 1 is 1.06 bits per heavy atom. The largest absolute Gasteiger partial charge is 0.508 e. The molecule has 0 unspecified atom stereocenters. The summed E-state index contributed by atoms with van der Waals surface area (Å²) >= 11 is 0. The molecule has 0 aromatic carbocycles. The summed E-state index contributed by atoms with van der Waals surface area (Å²) in [4.78, 5) is 10.6. The minimum Gasteiger partial charge on any atom is -0.430 e. The van der Waals surface area contributed by atoms with Crippen LogP contribution in [0.4, 0.5) is 4.79 Å². The van der Waals surface area contributed by atoms with Crippen LogP contribution in [0, 0.1) is 0 Å². The molecule has 1 rings (SSSR count). The number of hydrogen-bond acceptors (Lipinski definition) is 3. The summed E-state index contributed by atoms with van der Waals surface area (Å²) in [6, 6.07) is 0. The van der Waals surface area contributed by atoms with Gasteiger partial charge in [0.15, 0.2) is 0 Å². The van der Waals surface area contributed by atoms with E-state index in [-0.39, 0.29) is 6.10 Å². The highest BCUT2D eigenvalue weighted by atomic mass is 16.8. The van der Waals surface area contributed by atoms with Crippen molar-refractivity contribution in [2.75, 3.05) is 6.61 Å². The lowest BCUT2D eigenvalue weighted by Crippen LogP contribution is -2.09. The fraction of sp³-hybridized carbons (Fsp3) is 0.923. The molecule has 3 nitrogen and oxygen atoms in total. The summed E-state index contributed by atoms with van der Waals surface area (Å²) in [6.45, 7) is 2.69. The molecular formula is C13H24O3. The third-order valence-electron chi connectivity index (χ3n) is 3.03. The maximum atomic E-state index is 10.6. The van der Waals surface area contributed by atoms with E-state index in [1.54, 1.807) is 0 Å². The first-order valence-electron chi connectivity index (χ1n) is 6.66. The van der Waals surface area contributed by atoms with Crippen molar-refractivity contribution < 1.29 is 14.3 Å². The van der Waals surface area contributed by atoms with Gasteiger partial charge in [0.25, 0.3) is 0 Å². The molecule has 0 aromatic heterocycles. The lowest BCUT2D eigenvalue weighted by Gasteiger charge is -2.05. The second kappa shape index (κ2) is 8.43. The van der Waals surface area contributed by atoms with Crippen molar-refractivity contribution in [2.24, 2.45) is 0 Å². The SMILES string of the molecule is CCCCCCCCCC[C@@H]1COC(=O)O1. The minimum absolute atomic E-state index is 0.0209. The van der Waals surface area contributed by atoms with Gasteiger partial charge in [-0.1, -0.05) is 51.9 Å². The van der Waals surface area contributed by atoms with Gasteiger partial charge in [0, 0.05) is 0 Å². The number of cyclic esters (lactones) is 2. The fourth-order valence-electron chi connectivity index (χ4n) is 2.01. The van der Waals surface area contributed by atoms with E-state index in [4.69, 9.17) is 9.47 Å². The van der Waals surface area contributed by atoms with Gasteiger partial charge < -0.3 is 9.47 Å². The van der Waals surface area contributed by atoms with Crippen LogP contribution < -0.4 is 0 Å². The van der Waals surface area contributed by atoms with Gasteiger partial charge in [-0.3, -0.25) is 0 Å². The molecule has 1 atom stereocenters. The zero-order valence-corrected chi connectivity index (χ0v) is 10.4. The second-order valence-corrected chi connectivity index (χ2v) is 4.56. The maximum Gasteiger partial charge on any atom is 0.508 e. The molecule has 94 valence electrons. The molecule has 1 fully saturated rings. The van der Waals surface area contributed by atoms with Gasteiger partial charge in [-0.15, -0.1) is 0 Å². The van der Waals surface area contributed by atoms with E-state index in [0.29, 0.717) is 6.61 Å². The molecule has 3 heteroatoms. The summed E-state index contributed by atoms with van der Waals surface area (Å²) in [5, 5.41) is 0. The van der Waals surface area contributed by atoms with Crippen LogP contribution in [0.2, 0.25) is 0 Å². The van der Waals surface area contributed by atoms with Crippen LogP contribution in [0.25, 0.3) is 0 Å². The highest BCUT2D eigenvalue weighted by molar-refractivity contribution is 5.61. The minimum atomic E-state index is -0.496. The third-order valence-corrected chi connectivity index (χ3v) is 3.03. The van der Waals surface area contributed by atoms with E-state index < -0.39 is 6.16 Å². The summed E-state index contributed by atoms with van der Waals surface area (Å²) in [5.74, 6) is 0. The first-order valence-corrected chi connectivity index (χ1v) is 6.66. The van der Waals surface area contributed by atoms with Crippen molar-refractivity contribution in [3.05, 3.63) is 0 Å². The van der Waals surface area contributed by atoms with Crippen molar-refractivity contribution in [1.82, 2.24) is 0 Å². The zero-order valence-electron chi connectivity index (χ0n) is 10.4. The smallest absolute Gasteiger partial charge is 0.430 e. The van der Waals surface area contributed by atoms with Crippen molar-refractivity contribution in [3.63, 3.8) is 0 Å². The van der Waals surface area contributed by atoms with Crippen molar-refractivity contribution in [1.29, 1.82) is 0 Å². The Labute approximate surface area is 98.5 Å². The highest BCUT2D eigenvalue weighted by Gasteiger charge is 2.23. The second-order valence-electron chi connectivity index (χ2n) is 4.56. The highest BCUT2D eigenvalue weighted by Crippen LogP contribution is 2.15. The van der Waals surface area contributed by atoms with Crippen molar-refractivity contribution >= 4 is 6.16 Å². The first-order chi connectivity index (χ1) is 7.83. The Morgan fingerprint density at radius 3 is 2.25 bits per heavy atom. The molecule has 1 aliphatic heterocycles. The standard InChI is InChI=1S/C13H24O3/c1-2-3-4-5-6-7-8-9-10-12-11-15-13(14)16-12/h12H,2-11H2,1H3/t12-/m1/s1. The molecule has 0 aromatic rings. The van der Waals surface area contributed by atoms with Gasteiger partial charge in [-0.2, -0.15) is 0 Å². The molecule has 0 aliphatic carbocycles. The van der Waals surface area contributed by atoms with Gasteiger partial charge in [0.1, 0.15) is 12.7 Å². The molecular weight excluding hydrogens is 204 g/mol. The molecule has 0 amide bonds. The lowest BCUT2D eigenvalue weighted by molar-refractivity contribution is 0.115. The van der Waals surface area contributed by atoms with E-state index in [0.717, 1.165) is 12.8 Å². The van der Waals surface area contributed by atoms with Crippen LogP contribution in [-0.2, 0) is 9.47 Å². The normalized spacial score (nSPS) is 19.6. The van der Waals surface area contributed by atoms with E-state index in [1.807, 2.05) is 0 Å². The van der Waals surface area contributed by atoms with Crippen molar-refractivity contribution in [2.45, 2.75) is 70.8 Å². The van der Waals surface area contributed by atoms with E-state index in [1.165, 1.54) is 44.9 Å². The van der Waals surface area contributed by atoms with Gasteiger partial charge in [-0.25, -0.2) is 4.79 Å². The molecule has 1 aliphatic rings. The van der Waals surface area contributed by atoms with Crippen LogP contribution in [-0.4, -0.2) is 18.9 Å². The van der Waals surface area contributed by atoms with Crippen LogP contribution in [0.15, 0.2) is 0 Å². The lowest BCUT2D eigenvalue weighted by atomic mass is 10.1. The molecule has 1 heterocycles. The Bertz CT molecular complexity index is 192. The van der Waals surface area contributed by atoms with Gasteiger partial charge in [0.2, 0.25) is 0 Å². The van der Waals surface area contributed by atoms with Crippen LogP contribution >= 0.6 is 0 Å². The molecule has 1 saturated heterocycles. The summed E-state index contributed by atoms with van der Waals surface area (Å²) < 4.78 is 9.69. The predicted octanol–water partition coefficient (Wildman–Crippen LogP) is 4.05. The molecule has 16 heavy (non-hydrogen) atoms. The maximum absolute atomic E-state index is 10.6. The Kier molecular flexibility index (Phi) is 7.02. The average molecular weight is 228 g/mol. The average Bonchev–Trinajstić information content (AvgIpc) is 2.68. The number of hydrogen-bond donors (Lipinski definition) is 0. The Balaban J connectivity index is 1.79. The monoisotopic (exact) mass is 228 g/mol.